The van der Waals surface area contributed by atoms with Crippen LogP contribution in [0.3, 0.4) is 0 Å². The van der Waals surface area contributed by atoms with Gasteiger partial charge in [-0.3, -0.25) is 4.79 Å². The van der Waals surface area contributed by atoms with Gasteiger partial charge >= 0.3 is 0 Å². The molecule has 0 unspecified atom stereocenters. The molecule has 25 heavy (non-hydrogen) atoms. The van der Waals surface area contributed by atoms with E-state index in [9.17, 15) is 4.79 Å². The van der Waals surface area contributed by atoms with Gasteiger partial charge in [-0.2, -0.15) is 10.1 Å². The van der Waals surface area contributed by atoms with Crippen LogP contribution in [0.1, 0.15) is 35.2 Å². The number of ether oxygens (including phenoxy) is 1. The second kappa shape index (κ2) is 7.65. The molecule has 0 bridgehead atoms. The summed E-state index contributed by atoms with van der Waals surface area (Å²) in [4.78, 5) is 16.6. The molecule has 0 atom stereocenters. The van der Waals surface area contributed by atoms with Crippen molar-refractivity contribution in [3.63, 3.8) is 0 Å². The second-order valence-corrected chi connectivity index (χ2v) is 5.46. The maximum atomic E-state index is 12.4. The Morgan fingerprint density at radius 1 is 1.28 bits per heavy atom. The smallest absolute Gasteiger partial charge is 0.227 e. The molecule has 1 aromatic carbocycles. The van der Waals surface area contributed by atoms with E-state index in [1.165, 1.54) is 0 Å². The Kier molecular flexibility index (Phi) is 5.13. The molecule has 0 N–H and O–H groups in total. The number of Topliss-reactive ketones (excluding diaryl/α,β-unsaturated/α-hetero) is 1. The Morgan fingerprint density at radius 2 is 2.16 bits per heavy atom. The predicted octanol–water partition coefficient (Wildman–Crippen LogP) is 3.05. The Morgan fingerprint density at radius 3 is 2.88 bits per heavy atom. The lowest BCUT2D eigenvalue weighted by atomic mass is 10.0. The van der Waals surface area contributed by atoms with E-state index in [1.807, 2.05) is 26.0 Å². The molecule has 3 rings (SSSR count). The van der Waals surface area contributed by atoms with Gasteiger partial charge in [0.15, 0.2) is 5.78 Å². The van der Waals surface area contributed by atoms with Crippen molar-refractivity contribution in [1.82, 2.24) is 20.3 Å². The van der Waals surface area contributed by atoms with Gasteiger partial charge in [-0.25, -0.2) is 0 Å². The third-order valence-electron chi connectivity index (χ3n) is 3.63. The molecule has 0 aliphatic heterocycles. The lowest BCUT2D eigenvalue weighted by Gasteiger charge is -2.08. The van der Waals surface area contributed by atoms with Crippen molar-refractivity contribution in [3.8, 4) is 17.3 Å². The topological polar surface area (TPSA) is 91.0 Å². The average molecular weight is 338 g/mol. The molecule has 3 aromatic rings. The average Bonchev–Trinajstić information content (AvgIpc) is 3.11. The van der Waals surface area contributed by atoms with E-state index < -0.39 is 0 Å². The van der Waals surface area contributed by atoms with Crippen LogP contribution >= 0.6 is 0 Å². The first-order chi connectivity index (χ1) is 12.2. The van der Waals surface area contributed by atoms with E-state index in [0.717, 1.165) is 11.3 Å². The molecular formula is C18H18N4O3. The number of hydrogen-bond donors (Lipinski definition) is 0. The minimum absolute atomic E-state index is 0.0189. The maximum Gasteiger partial charge on any atom is 0.227 e. The first-order valence-corrected chi connectivity index (χ1v) is 8.04. The largest absolute Gasteiger partial charge is 0.494 e. The summed E-state index contributed by atoms with van der Waals surface area (Å²) in [6.07, 6.45) is 2.23. The van der Waals surface area contributed by atoms with Crippen LogP contribution in [0.25, 0.3) is 11.5 Å². The summed E-state index contributed by atoms with van der Waals surface area (Å²) in [5.74, 6) is 1.58. The highest BCUT2D eigenvalue weighted by atomic mass is 16.5. The van der Waals surface area contributed by atoms with Gasteiger partial charge in [0.05, 0.1) is 6.61 Å². The van der Waals surface area contributed by atoms with Gasteiger partial charge in [-0.05, 0) is 49.7 Å². The molecule has 0 aliphatic rings. The van der Waals surface area contributed by atoms with Crippen LogP contribution < -0.4 is 4.74 Å². The quantitative estimate of drug-likeness (QED) is 0.611. The molecule has 0 radical (unpaired) electrons. The highest BCUT2D eigenvalue weighted by molar-refractivity contribution is 5.96. The number of rotatable bonds is 7. The van der Waals surface area contributed by atoms with Crippen LogP contribution in [0.5, 0.6) is 5.75 Å². The number of ketones is 1. The lowest BCUT2D eigenvalue weighted by Crippen LogP contribution is -2.03. The molecule has 2 aromatic heterocycles. The summed E-state index contributed by atoms with van der Waals surface area (Å²) >= 11 is 0. The van der Waals surface area contributed by atoms with Gasteiger partial charge in [-0.15, -0.1) is 5.10 Å². The fourth-order valence-corrected chi connectivity index (χ4v) is 2.39. The summed E-state index contributed by atoms with van der Waals surface area (Å²) < 4.78 is 10.7. The number of carbonyl (C=O) groups is 1. The number of aryl methyl sites for hydroxylation is 2. The van der Waals surface area contributed by atoms with Gasteiger partial charge in [0.1, 0.15) is 11.4 Å². The lowest BCUT2D eigenvalue weighted by molar-refractivity contribution is 0.0979. The van der Waals surface area contributed by atoms with Crippen molar-refractivity contribution in [2.24, 2.45) is 0 Å². The molecule has 2 heterocycles. The number of carbonyl (C=O) groups excluding carboxylic acids is 1. The minimum atomic E-state index is 0.0189. The predicted molar refractivity (Wildman–Crippen MR) is 90.3 cm³/mol. The monoisotopic (exact) mass is 338 g/mol. The molecule has 7 heteroatoms. The van der Waals surface area contributed by atoms with Crippen molar-refractivity contribution in [3.05, 3.63) is 53.5 Å². The Balaban J connectivity index is 1.63. The number of nitrogens with zero attached hydrogens (tertiary/aromatic N) is 4. The number of aromatic nitrogens is 4. The van der Waals surface area contributed by atoms with E-state index >= 15 is 0 Å². The second-order valence-electron chi connectivity index (χ2n) is 5.46. The SMILES string of the molecule is CCOc1ccc(C(=O)CCc2nc(-c3cccnn3)no2)cc1C. The van der Waals surface area contributed by atoms with E-state index in [-0.39, 0.29) is 12.2 Å². The summed E-state index contributed by atoms with van der Waals surface area (Å²) in [5, 5.41) is 11.6. The van der Waals surface area contributed by atoms with E-state index in [4.69, 9.17) is 9.26 Å². The highest BCUT2D eigenvalue weighted by Gasteiger charge is 2.13. The first-order valence-electron chi connectivity index (χ1n) is 8.04. The van der Waals surface area contributed by atoms with Crippen LogP contribution in [0.15, 0.2) is 41.1 Å². The van der Waals surface area contributed by atoms with Crippen LogP contribution in [-0.2, 0) is 6.42 Å². The van der Waals surface area contributed by atoms with E-state index in [1.54, 1.807) is 24.4 Å². The van der Waals surface area contributed by atoms with Crippen LogP contribution in [0, 0.1) is 6.92 Å². The molecule has 128 valence electrons. The zero-order valence-corrected chi connectivity index (χ0v) is 14.1. The maximum absolute atomic E-state index is 12.4. The summed E-state index contributed by atoms with van der Waals surface area (Å²) in [6, 6.07) is 8.93. The summed E-state index contributed by atoms with van der Waals surface area (Å²) in [6.45, 7) is 4.45. The third-order valence-corrected chi connectivity index (χ3v) is 3.63. The molecule has 0 amide bonds. The van der Waals surface area contributed by atoms with Crippen molar-refractivity contribution in [2.75, 3.05) is 6.61 Å². The van der Waals surface area contributed by atoms with Gasteiger partial charge in [0.25, 0.3) is 0 Å². The van der Waals surface area contributed by atoms with Gasteiger partial charge in [0.2, 0.25) is 11.7 Å². The van der Waals surface area contributed by atoms with Crippen molar-refractivity contribution in [1.29, 1.82) is 0 Å². The van der Waals surface area contributed by atoms with Gasteiger partial charge < -0.3 is 9.26 Å². The summed E-state index contributed by atoms with van der Waals surface area (Å²) in [7, 11) is 0. The normalized spacial score (nSPS) is 10.6. The standard InChI is InChI=1S/C18H18N4O3/c1-3-24-16-8-6-13(11-12(16)2)15(23)7-9-17-20-18(22-25-17)14-5-4-10-19-21-14/h4-6,8,10-11H,3,7,9H2,1-2H3. The Labute approximate surface area is 145 Å². The summed E-state index contributed by atoms with van der Waals surface area (Å²) in [5.41, 5.74) is 2.12. The zero-order chi connectivity index (χ0) is 17.6. The molecule has 0 saturated heterocycles. The van der Waals surface area contributed by atoms with Crippen LogP contribution in [-0.4, -0.2) is 32.7 Å². The Bertz CT molecular complexity index is 862. The van der Waals surface area contributed by atoms with E-state index in [0.29, 0.717) is 36.0 Å². The molecule has 0 saturated carbocycles. The Hall–Kier alpha value is -3.09. The fourth-order valence-electron chi connectivity index (χ4n) is 2.39. The van der Waals surface area contributed by atoms with Crippen LogP contribution in [0.2, 0.25) is 0 Å². The molecular weight excluding hydrogens is 320 g/mol. The highest BCUT2D eigenvalue weighted by Crippen LogP contribution is 2.20. The minimum Gasteiger partial charge on any atom is -0.494 e. The number of hydrogen-bond acceptors (Lipinski definition) is 7. The van der Waals surface area contributed by atoms with Crippen LogP contribution in [0.4, 0.5) is 0 Å². The number of benzene rings is 1. The molecule has 0 spiro atoms. The van der Waals surface area contributed by atoms with E-state index in [2.05, 4.69) is 20.3 Å². The molecule has 0 aliphatic carbocycles. The third kappa shape index (κ3) is 4.06. The van der Waals surface area contributed by atoms with Gasteiger partial charge in [0, 0.05) is 24.6 Å². The molecule has 7 nitrogen and oxygen atoms in total. The molecule has 0 fully saturated rings. The first kappa shape index (κ1) is 16.8. The van der Waals surface area contributed by atoms with Crippen molar-refractivity contribution >= 4 is 5.78 Å². The fraction of sp³-hybridized carbons (Fsp3) is 0.278. The zero-order valence-electron chi connectivity index (χ0n) is 14.1. The van der Waals surface area contributed by atoms with Crippen molar-refractivity contribution in [2.45, 2.75) is 26.7 Å². The van der Waals surface area contributed by atoms with Gasteiger partial charge in [-0.1, -0.05) is 5.16 Å². The van der Waals surface area contributed by atoms with Crippen molar-refractivity contribution < 1.29 is 14.1 Å².